The number of rotatable bonds is 4. The summed E-state index contributed by atoms with van der Waals surface area (Å²) in [7, 11) is 0. The average molecular weight is 369 g/mol. The van der Waals surface area contributed by atoms with Gasteiger partial charge in [-0.3, -0.25) is 9.69 Å². The quantitative estimate of drug-likeness (QED) is 0.834. The number of anilines is 1. The summed E-state index contributed by atoms with van der Waals surface area (Å²) >= 11 is 0. The van der Waals surface area contributed by atoms with Gasteiger partial charge in [-0.1, -0.05) is 12.1 Å². The van der Waals surface area contributed by atoms with Crippen molar-refractivity contribution in [3.05, 3.63) is 41.8 Å². The van der Waals surface area contributed by atoms with Gasteiger partial charge in [-0.2, -0.15) is 0 Å². The number of aryl methyl sites for hydroxylation is 1. The second kappa shape index (κ2) is 6.94. The number of urea groups is 1. The number of carbonyl (C=O) groups excluding carboxylic acids is 2. The van der Waals surface area contributed by atoms with E-state index in [1.165, 1.54) is 11.0 Å². The molecule has 0 saturated carbocycles. The van der Waals surface area contributed by atoms with E-state index in [0.29, 0.717) is 30.3 Å². The zero-order chi connectivity index (χ0) is 19.0. The van der Waals surface area contributed by atoms with E-state index in [2.05, 4.69) is 15.3 Å². The Bertz CT molecular complexity index is 887. The first-order chi connectivity index (χ1) is 13.0. The van der Waals surface area contributed by atoms with Crippen LogP contribution < -0.4 is 10.2 Å². The SMILES string of the molecule is Cc1cnc(N2CCC(CN3C(=O)CNC3=O)C2)nc1-c1ccccc1F. The van der Waals surface area contributed by atoms with E-state index in [4.69, 9.17) is 0 Å². The van der Waals surface area contributed by atoms with E-state index >= 15 is 0 Å². The molecular weight excluding hydrogens is 349 g/mol. The molecule has 1 unspecified atom stereocenters. The summed E-state index contributed by atoms with van der Waals surface area (Å²) in [5, 5.41) is 2.54. The fourth-order valence-corrected chi connectivity index (χ4v) is 3.57. The van der Waals surface area contributed by atoms with Crippen LogP contribution in [0, 0.1) is 18.7 Å². The molecule has 8 heteroatoms. The summed E-state index contributed by atoms with van der Waals surface area (Å²) in [6.45, 7) is 3.70. The molecule has 140 valence electrons. The van der Waals surface area contributed by atoms with Crippen molar-refractivity contribution in [2.75, 3.05) is 31.1 Å². The van der Waals surface area contributed by atoms with Crippen molar-refractivity contribution in [2.45, 2.75) is 13.3 Å². The highest BCUT2D eigenvalue weighted by Gasteiger charge is 2.33. The van der Waals surface area contributed by atoms with Gasteiger partial charge in [0.1, 0.15) is 5.82 Å². The van der Waals surface area contributed by atoms with Gasteiger partial charge in [-0.25, -0.2) is 19.2 Å². The predicted molar refractivity (Wildman–Crippen MR) is 97.6 cm³/mol. The molecule has 0 spiro atoms. The molecule has 4 rings (SSSR count). The van der Waals surface area contributed by atoms with Crippen LogP contribution in [0.15, 0.2) is 30.5 Å². The van der Waals surface area contributed by atoms with Gasteiger partial charge in [0.15, 0.2) is 0 Å². The molecule has 3 heterocycles. The van der Waals surface area contributed by atoms with Crippen LogP contribution in [0.2, 0.25) is 0 Å². The van der Waals surface area contributed by atoms with Crippen molar-refractivity contribution in [3.8, 4) is 11.3 Å². The Balaban J connectivity index is 1.51. The van der Waals surface area contributed by atoms with E-state index in [9.17, 15) is 14.0 Å². The standard InChI is InChI=1S/C19H20FN5O2/c1-12-8-21-18(23-17(12)14-4-2-3-5-15(14)20)24-7-6-13(10-24)11-25-16(26)9-22-19(25)27/h2-5,8,13H,6-7,9-11H2,1H3,(H,22,27). The topological polar surface area (TPSA) is 78.4 Å². The molecule has 2 saturated heterocycles. The van der Waals surface area contributed by atoms with Gasteiger partial charge in [0.25, 0.3) is 0 Å². The molecule has 2 aliphatic rings. The molecule has 2 aliphatic heterocycles. The summed E-state index contributed by atoms with van der Waals surface area (Å²) in [5.41, 5.74) is 1.84. The first-order valence-corrected chi connectivity index (χ1v) is 8.94. The maximum absolute atomic E-state index is 14.2. The molecule has 1 atom stereocenters. The second-order valence-electron chi connectivity index (χ2n) is 6.95. The lowest BCUT2D eigenvalue weighted by atomic mass is 10.1. The number of carbonyl (C=O) groups is 2. The number of nitrogens with one attached hydrogen (secondary N) is 1. The van der Waals surface area contributed by atoms with E-state index in [1.54, 1.807) is 24.4 Å². The minimum atomic E-state index is -0.327. The molecule has 1 aromatic carbocycles. The Labute approximate surface area is 156 Å². The lowest BCUT2D eigenvalue weighted by Gasteiger charge is -2.20. The lowest BCUT2D eigenvalue weighted by molar-refractivity contribution is -0.125. The van der Waals surface area contributed by atoms with Crippen molar-refractivity contribution in [1.82, 2.24) is 20.2 Å². The number of nitrogens with zero attached hydrogens (tertiary/aromatic N) is 4. The summed E-state index contributed by atoms with van der Waals surface area (Å²) < 4.78 is 14.2. The first kappa shape index (κ1) is 17.4. The van der Waals surface area contributed by atoms with Crippen LogP contribution in [0.3, 0.4) is 0 Å². The molecule has 1 aromatic heterocycles. The smallest absolute Gasteiger partial charge is 0.324 e. The highest BCUT2D eigenvalue weighted by molar-refractivity contribution is 6.01. The molecule has 2 fully saturated rings. The van der Waals surface area contributed by atoms with Gasteiger partial charge in [0, 0.05) is 31.4 Å². The van der Waals surface area contributed by atoms with Crippen molar-refractivity contribution in [2.24, 2.45) is 5.92 Å². The Morgan fingerprint density at radius 3 is 2.85 bits per heavy atom. The van der Waals surface area contributed by atoms with Crippen molar-refractivity contribution >= 4 is 17.9 Å². The molecule has 0 bridgehead atoms. The van der Waals surface area contributed by atoms with Crippen LogP contribution in [0.4, 0.5) is 15.1 Å². The van der Waals surface area contributed by atoms with E-state index in [0.717, 1.165) is 18.5 Å². The van der Waals surface area contributed by atoms with E-state index < -0.39 is 0 Å². The van der Waals surface area contributed by atoms with Crippen molar-refractivity contribution in [1.29, 1.82) is 0 Å². The zero-order valence-corrected chi connectivity index (χ0v) is 15.0. The number of halogens is 1. The van der Waals surface area contributed by atoms with Gasteiger partial charge in [-0.05, 0) is 37.0 Å². The van der Waals surface area contributed by atoms with Crippen LogP contribution in [0.1, 0.15) is 12.0 Å². The third kappa shape index (κ3) is 3.34. The second-order valence-corrected chi connectivity index (χ2v) is 6.95. The average Bonchev–Trinajstić information content (AvgIpc) is 3.25. The molecule has 1 N–H and O–H groups in total. The van der Waals surface area contributed by atoms with Crippen molar-refractivity contribution < 1.29 is 14.0 Å². The van der Waals surface area contributed by atoms with Gasteiger partial charge in [0.05, 0.1) is 12.2 Å². The molecule has 3 amide bonds. The summed E-state index contributed by atoms with van der Waals surface area (Å²) in [5.74, 6) is 0.202. The summed E-state index contributed by atoms with van der Waals surface area (Å²) in [4.78, 5) is 35.8. The predicted octanol–water partition coefficient (Wildman–Crippen LogP) is 1.97. The van der Waals surface area contributed by atoms with Crippen LogP contribution in [-0.2, 0) is 4.79 Å². The van der Waals surface area contributed by atoms with Crippen LogP contribution in [0.25, 0.3) is 11.3 Å². The number of hydrogen-bond acceptors (Lipinski definition) is 5. The molecule has 0 radical (unpaired) electrons. The van der Waals surface area contributed by atoms with Gasteiger partial charge in [0.2, 0.25) is 11.9 Å². The normalized spacial score (nSPS) is 19.7. The minimum absolute atomic E-state index is 0.0718. The van der Waals surface area contributed by atoms with Gasteiger partial charge < -0.3 is 10.2 Å². The first-order valence-electron chi connectivity index (χ1n) is 8.94. The number of aromatic nitrogens is 2. The van der Waals surface area contributed by atoms with Crippen LogP contribution in [-0.4, -0.2) is 53.0 Å². The fraction of sp³-hybridized carbons (Fsp3) is 0.368. The van der Waals surface area contributed by atoms with Crippen LogP contribution >= 0.6 is 0 Å². The lowest BCUT2D eigenvalue weighted by Crippen LogP contribution is -2.36. The van der Waals surface area contributed by atoms with E-state index in [-0.39, 0.29) is 30.2 Å². The Hall–Kier alpha value is -3.03. The summed E-state index contributed by atoms with van der Waals surface area (Å²) in [6.07, 6.45) is 2.54. The highest BCUT2D eigenvalue weighted by atomic mass is 19.1. The molecule has 27 heavy (non-hydrogen) atoms. The highest BCUT2D eigenvalue weighted by Crippen LogP contribution is 2.28. The number of amides is 3. The fourth-order valence-electron chi connectivity index (χ4n) is 3.57. The monoisotopic (exact) mass is 369 g/mol. The number of imide groups is 1. The third-order valence-corrected chi connectivity index (χ3v) is 5.03. The van der Waals surface area contributed by atoms with Gasteiger partial charge in [-0.15, -0.1) is 0 Å². The number of benzene rings is 1. The third-order valence-electron chi connectivity index (χ3n) is 5.03. The van der Waals surface area contributed by atoms with Crippen LogP contribution in [0.5, 0.6) is 0 Å². The largest absolute Gasteiger partial charge is 0.340 e. The zero-order valence-electron chi connectivity index (χ0n) is 15.0. The number of hydrogen-bond donors (Lipinski definition) is 1. The van der Waals surface area contributed by atoms with Crippen molar-refractivity contribution in [3.63, 3.8) is 0 Å². The maximum Gasteiger partial charge on any atom is 0.324 e. The van der Waals surface area contributed by atoms with Gasteiger partial charge >= 0.3 is 6.03 Å². The minimum Gasteiger partial charge on any atom is -0.340 e. The Kier molecular flexibility index (Phi) is 4.47. The maximum atomic E-state index is 14.2. The van der Waals surface area contributed by atoms with E-state index in [1.807, 2.05) is 11.8 Å². The molecule has 2 aromatic rings. The molecule has 0 aliphatic carbocycles. The summed E-state index contributed by atoms with van der Waals surface area (Å²) in [6, 6.07) is 6.23. The molecule has 7 nitrogen and oxygen atoms in total. The Morgan fingerprint density at radius 1 is 1.30 bits per heavy atom. The molecular formula is C19H20FN5O2. The Morgan fingerprint density at radius 2 is 2.11 bits per heavy atom.